The van der Waals surface area contributed by atoms with Gasteiger partial charge in [0.05, 0.1) is 0 Å². The van der Waals surface area contributed by atoms with Crippen LogP contribution in [0.1, 0.15) is 41.1 Å². The van der Waals surface area contributed by atoms with Crippen LogP contribution in [0.15, 0.2) is 28.8 Å². The Morgan fingerprint density at radius 2 is 2.00 bits per heavy atom. The van der Waals surface area contributed by atoms with Crippen LogP contribution in [-0.4, -0.2) is 24.2 Å². The second-order valence-electron chi connectivity index (χ2n) is 5.82. The number of hydrogen-bond donors (Lipinski definition) is 0. The summed E-state index contributed by atoms with van der Waals surface area (Å²) in [5, 5.41) is 3.76. The Hall–Kier alpha value is -2.08. The summed E-state index contributed by atoms with van der Waals surface area (Å²) in [4.78, 5) is 12.1. The number of rotatable bonds is 6. The molecule has 3 rings (SSSR count). The van der Waals surface area contributed by atoms with Crippen LogP contribution in [0, 0.1) is 17.6 Å². The summed E-state index contributed by atoms with van der Waals surface area (Å²) in [5.74, 6) is -0.537. The Balaban J connectivity index is 1.59. The number of carbonyl (C=O) groups is 1. The second kappa shape index (κ2) is 7.00. The predicted molar refractivity (Wildman–Crippen MR) is 78.2 cm³/mol. The maximum atomic E-state index is 13.2. The Bertz CT molecular complexity index is 673. The fraction of sp³-hybridized carbons (Fsp3) is 0.412. The lowest BCUT2D eigenvalue weighted by Crippen LogP contribution is -2.05. The van der Waals surface area contributed by atoms with Crippen LogP contribution in [0.5, 0.6) is 0 Å². The molecule has 2 heterocycles. The third-order valence-electron chi connectivity index (χ3n) is 3.95. The third kappa shape index (κ3) is 4.22. The summed E-state index contributed by atoms with van der Waals surface area (Å²) >= 11 is 0. The molecule has 0 radical (unpaired) electrons. The van der Waals surface area contributed by atoms with E-state index in [0.717, 1.165) is 25.5 Å². The first-order chi connectivity index (χ1) is 11.1. The number of aromatic nitrogens is 1. The van der Waals surface area contributed by atoms with E-state index in [4.69, 9.17) is 9.26 Å². The molecule has 0 bridgehead atoms. The SMILES string of the molecule is O=C(CCC1CCOC1)c1cc(Cc2cc(F)cc(F)c2)on1. The van der Waals surface area contributed by atoms with Crippen LogP contribution >= 0.6 is 0 Å². The number of halogens is 2. The zero-order chi connectivity index (χ0) is 16.2. The van der Waals surface area contributed by atoms with Gasteiger partial charge in [-0.05, 0) is 36.5 Å². The van der Waals surface area contributed by atoms with E-state index in [2.05, 4.69) is 5.16 Å². The topological polar surface area (TPSA) is 52.3 Å². The minimum absolute atomic E-state index is 0.0858. The molecule has 1 atom stereocenters. The van der Waals surface area contributed by atoms with Crippen molar-refractivity contribution in [3.8, 4) is 0 Å². The molecule has 0 aliphatic carbocycles. The van der Waals surface area contributed by atoms with Gasteiger partial charge in [-0.1, -0.05) is 5.16 Å². The molecule has 0 spiro atoms. The van der Waals surface area contributed by atoms with E-state index in [0.29, 0.717) is 30.3 Å². The minimum atomic E-state index is -0.644. The average Bonchev–Trinajstić information content (AvgIpc) is 3.15. The molecule has 1 aromatic carbocycles. The van der Waals surface area contributed by atoms with E-state index in [1.54, 1.807) is 0 Å². The lowest BCUT2D eigenvalue weighted by molar-refractivity contribution is 0.0962. The van der Waals surface area contributed by atoms with Crippen LogP contribution in [0.25, 0.3) is 0 Å². The van der Waals surface area contributed by atoms with Crippen molar-refractivity contribution in [3.63, 3.8) is 0 Å². The Morgan fingerprint density at radius 3 is 2.70 bits per heavy atom. The number of nitrogens with zero attached hydrogens (tertiary/aromatic N) is 1. The number of benzene rings is 1. The van der Waals surface area contributed by atoms with Gasteiger partial charge in [0, 0.05) is 38.2 Å². The van der Waals surface area contributed by atoms with Gasteiger partial charge >= 0.3 is 0 Å². The van der Waals surface area contributed by atoms with Gasteiger partial charge in [-0.2, -0.15) is 0 Å². The third-order valence-corrected chi connectivity index (χ3v) is 3.95. The Labute approximate surface area is 132 Å². The normalized spacial score (nSPS) is 17.6. The van der Waals surface area contributed by atoms with Crippen molar-refractivity contribution in [1.29, 1.82) is 0 Å². The zero-order valence-electron chi connectivity index (χ0n) is 12.6. The lowest BCUT2D eigenvalue weighted by Gasteiger charge is -2.04. The number of Topliss-reactive ketones (excluding diaryl/α,β-unsaturated/α-hetero) is 1. The molecule has 4 nitrogen and oxygen atoms in total. The molecule has 1 aliphatic rings. The van der Waals surface area contributed by atoms with E-state index < -0.39 is 11.6 Å². The van der Waals surface area contributed by atoms with Crippen molar-refractivity contribution in [2.45, 2.75) is 25.7 Å². The quantitative estimate of drug-likeness (QED) is 0.764. The molecule has 1 aliphatic heterocycles. The highest BCUT2D eigenvalue weighted by Gasteiger charge is 2.19. The zero-order valence-corrected chi connectivity index (χ0v) is 12.6. The van der Waals surface area contributed by atoms with Crippen molar-refractivity contribution in [1.82, 2.24) is 5.16 Å². The molecule has 1 saturated heterocycles. The first kappa shape index (κ1) is 15.8. The highest BCUT2D eigenvalue weighted by Crippen LogP contribution is 2.20. The Morgan fingerprint density at radius 1 is 1.22 bits per heavy atom. The second-order valence-corrected chi connectivity index (χ2v) is 5.82. The minimum Gasteiger partial charge on any atom is -0.381 e. The number of ether oxygens (including phenoxy) is 1. The summed E-state index contributed by atoms with van der Waals surface area (Å²) < 4.78 is 36.7. The van der Waals surface area contributed by atoms with E-state index in [1.165, 1.54) is 18.2 Å². The number of hydrogen-bond acceptors (Lipinski definition) is 4. The van der Waals surface area contributed by atoms with Crippen molar-refractivity contribution >= 4 is 5.78 Å². The highest BCUT2D eigenvalue weighted by molar-refractivity contribution is 5.94. The fourth-order valence-corrected chi connectivity index (χ4v) is 2.72. The molecule has 1 aromatic heterocycles. The van der Waals surface area contributed by atoms with Gasteiger partial charge in [-0.25, -0.2) is 8.78 Å². The first-order valence-electron chi connectivity index (χ1n) is 7.61. The van der Waals surface area contributed by atoms with E-state index in [9.17, 15) is 13.6 Å². The molecule has 6 heteroatoms. The van der Waals surface area contributed by atoms with Crippen molar-refractivity contribution < 1.29 is 22.8 Å². The van der Waals surface area contributed by atoms with Gasteiger partial charge in [0.1, 0.15) is 23.1 Å². The molecule has 0 N–H and O–H groups in total. The average molecular weight is 321 g/mol. The van der Waals surface area contributed by atoms with Crippen LogP contribution in [0.4, 0.5) is 8.78 Å². The van der Waals surface area contributed by atoms with Crippen LogP contribution in [0.3, 0.4) is 0 Å². The molecule has 1 unspecified atom stereocenters. The summed E-state index contributed by atoms with van der Waals surface area (Å²) in [7, 11) is 0. The molecular formula is C17H17F2NO3. The molecule has 0 amide bonds. The maximum Gasteiger partial charge on any atom is 0.184 e. The largest absolute Gasteiger partial charge is 0.381 e. The van der Waals surface area contributed by atoms with Gasteiger partial charge in [-0.3, -0.25) is 4.79 Å². The Kier molecular flexibility index (Phi) is 4.81. The summed E-state index contributed by atoms with van der Waals surface area (Å²) in [6.45, 7) is 1.47. The van der Waals surface area contributed by atoms with Gasteiger partial charge < -0.3 is 9.26 Å². The molecule has 0 saturated carbocycles. The highest BCUT2D eigenvalue weighted by atomic mass is 19.1. The number of ketones is 1. The number of carbonyl (C=O) groups excluding carboxylic acids is 1. The summed E-state index contributed by atoms with van der Waals surface area (Å²) in [6.07, 6.45) is 2.35. The maximum absolute atomic E-state index is 13.2. The van der Waals surface area contributed by atoms with E-state index >= 15 is 0 Å². The monoisotopic (exact) mass is 321 g/mol. The van der Waals surface area contributed by atoms with Crippen molar-refractivity contribution in [2.75, 3.05) is 13.2 Å². The predicted octanol–water partition coefficient (Wildman–Crippen LogP) is 3.54. The fourth-order valence-electron chi connectivity index (χ4n) is 2.72. The van der Waals surface area contributed by atoms with Crippen molar-refractivity contribution in [3.05, 3.63) is 52.9 Å². The van der Waals surface area contributed by atoms with Crippen LogP contribution in [-0.2, 0) is 11.2 Å². The van der Waals surface area contributed by atoms with E-state index in [1.807, 2.05) is 0 Å². The van der Waals surface area contributed by atoms with Crippen LogP contribution in [0.2, 0.25) is 0 Å². The smallest absolute Gasteiger partial charge is 0.184 e. The standard InChI is InChI=1S/C17H17F2NO3/c18-13-5-12(6-14(19)8-13)7-15-9-16(20-23-15)17(21)2-1-11-3-4-22-10-11/h5-6,8-9,11H,1-4,7,10H2. The molecule has 23 heavy (non-hydrogen) atoms. The van der Waals surface area contributed by atoms with Gasteiger partial charge in [0.25, 0.3) is 0 Å². The van der Waals surface area contributed by atoms with Gasteiger partial charge in [0.2, 0.25) is 0 Å². The van der Waals surface area contributed by atoms with Crippen LogP contribution < -0.4 is 0 Å². The summed E-state index contributed by atoms with van der Waals surface area (Å²) in [6, 6.07) is 4.81. The molecule has 1 fully saturated rings. The van der Waals surface area contributed by atoms with Gasteiger partial charge in [0.15, 0.2) is 5.78 Å². The van der Waals surface area contributed by atoms with Gasteiger partial charge in [-0.15, -0.1) is 0 Å². The molecule has 122 valence electrons. The summed E-state index contributed by atoms with van der Waals surface area (Å²) in [5.41, 5.74) is 0.691. The first-order valence-corrected chi connectivity index (χ1v) is 7.61. The molecule has 2 aromatic rings. The van der Waals surface area contributed by atoms with Crippen molar-refractivity contribution in [2.24, 2.45) is 5.92 Å². The lowest BCUT2D eigenvalue weighted by atomic mass is 10.00. The molecular weight excluding hydrogens is 304 g/mol. The van der Waals surface area contributed by atoms with E-state index in [-0.39, 0.29) is 17.9 Å².